The quantitative estimate of drug-likeness (QED) is 0.794. The molecule has 1 N–H and O–H groups in total. The first-order valence-corrected chi connectivity index (χ1v) is 8.15. The minimum Gasteiger partial charge on any atom is -0.312 e. The highest BCUT2D eigenvalue weighted by Crippen LogP contribution is 2.28. The normalized spacial score (nSPS) is 25.9. The number of aromatic nitrogens is 2. The van der Waals surface area contributed by atoms with Crippen LogP contribution < -0.4 is 5.32 Å². The van der Waals surface area contributed by atoms with E-state index >= 15 is 0 Å². The fourth-order valence-corrected chi connectivity index (χ4v) is 4.46. The molecule has 1 atom stereocenters. The van der Waals surface area contributed by atoms with Crippen molar-refractivity contribution in [2.24, 2.45) is 0 Å². The second-order valence-electron chi connectivity index (χ2n) is 5.12. The molecular weight excluding hydrogens is 250 g/mol. The van der Waals surface area contributed by atoms with Gasteiger partial charge in [-0.25, -0.2) is 18.4 Å². The van der Waals surface area contributed by atoms with Gasteiger partial charge in [0.25, 0.3) is 0 Å². The van der Waals surface area contributed by atoms with Crippen molar-refractivity contribution in [3.05, 3.63) is 22.8 Å². The van der Waals surface area contributed by atoms with Crippen molar-refractivity contribution in [1.82, 2.24) is 15.3 Å². The first kappa shape index (κ1) is 12.0. The van der Waals surface area contributed by atoms with Crippen LogP contribution in [-0.2, 0) is 22.8 Å². The summed E-state index contributed by atoms with van der Waals surface area (Å²) in [7, 11) is -2.87. The molecule has 0 amide bonds. The summed E-state index contributed by atoms with van der Waals surface area (Å²) in [5, 5.41) is 3.31. The van der Waals surface area contributed by atoms with Crippen molar-refractivity contribution in [3.63, 3.8) is 0 Å². The van der Waals surface area contributed by atoms with Crippen molar-refractivity contribution < 1.29 is 8.42 Å². The van der Waals surface area contributed by atoms with Gasteiger partial charge in [0.1, 0.15) is 5.82 Å². The summed E-state index contributed by atoms with van der Waals surface area (Å²) in [6.45, 7) is 3.75. The summed E-state index contributed by atoms with van der Waals surface area (Å²) >= 11 is 0. The number of sulfone groups is 1. The summed E-state index contributed by atoms with van der Waals surface area (Å²) in [5.41, 5.74) is 3.28. The maximum absolute atomic E-state index is 11.5. The zero-order chi connectivity index (χ0) is 12.8. The van der Waals surface area contributed by atoms with Crippen LogP contribution in [0.15, 0.2) is 0 Å². The van der Waals surface area contributed by atoms with Gasteiger partial charge in [0.05, 0.1) is 17.2 Å². The van der Waals surface area contributed by atoms with E-state index in [1.807, 2.05) is 6.92 Å². The molecule has 3 rings (SSSR count). The molecular formula is C12H17N3O2S. The van der Waals surface area contributed by atoms with E-state index in [9.17, 15) is 8.42 Å². The summed E-state index contributed by atoms with van der Waals surface area (Å²) < 4.78 is 23.0. The molecule has 1 saturated heterocycles. The van der Waals surface area contributed by atoms with Crippen LogP contribution in [0.3, 0.4) is 0 Å². The van der Waals surface area contributed by atoms with Crippen LogP contribution in [-0.4, -0.2) is 36.4 Å². The van der Waals surface area contributed by atoms with Crippen molar-refractivity contribution in [1.29, 1.82) is 0 Å². The van der Waals surface area contributed by atoms with Crippen molar-refractivity contribution in [2.45, 2.75) is 32.2 Å². The molecule has 6 heteroatoms. The van der Waals surface area contributed by atoms with Crippen molar-refractivity contribution in [2.75, 3.05) is 18.1 Å². The third-order valence-corrected chi connectivity index (χ3v) is 5.52. The monoisotopic (exact) mass is 267 g/mol. The lowest BCUT2D eigenvalue weighted by Crippen LogP contribution is -2.27. The van der Waals surface area contributed by atoms with E-state index in [0.717, 1.165) is 36.7 Å². The minimum atomic E-state index is -2.87. The lowest BCUT2D eigenvalue weighted by atomic mass is 10.0. The van der Waals surface area contributed by atoms with Gasteiger partial charge in [-0.3, -0.25) is 0 Å². The molecule has 1 unspecified atom stereocenters. The highest BCUT2D eigenvalue weighted by molar-refractivity contribution is 7.91. The van der Waals surface area contributed by atoms with E-state index in [-0.39, 0.29) is 17.4 Å². The van der Waals surface area contributed by atoms with E-state index in [1.165, 1.54) is 5.56 Å². The van der Waals surface area contributed by atoms with E-state index in [1.54, 1.807) is 0 Å². The molecule has 0 aromatic carbocycles. The maximum atomic E-state index is 11.5. The molecule has 2 aliphatic rings. The van der Waals surface area contributed by atoms with Gasteiger partial charge in [-0.1, -0.05) is 0 Å². The number of rotatable bonds is 1. The predicted octanol–water partition coefficient (Wildman–Crippen LogP) is 0.333. The smallest absolute Gasteiger partial charge is 0.151 e. The van der Waals surface area contributed by atoms with E-state index in [0.29, 0.717) is 6.42 Å². The average molecular weight is 267 g/mol. The Bertz CT molecular complexity index is 583. The minimum absolute atomic E-state index is 0.00566. The Kier molecular flexibility index (Phi) is 2.86. The molecule has 0 radical (unpaired) electrons. The Balaban J connectivity index is 1.96. The highest BCUT2D eigenvalue weighted by atomic mass is 32.2. The largest absolute Gasteiger partial charge is 0.312 e. The Labute approximate surface area is 107 Å². The first-order valence-electron chi connectivity index (χ1n) is 6.32. The van der Waals surface area contributed by atoms with Gasteiger partial charge in [-0.15, -0.1) is 0 Å². The molecule has 1 fully saturated rings. The van der Waals surface area contributed by atoms with Gasteiger partial charge in [-0.05, 0) is 13.3 Å². The Morgan fingerprint density at radius 1 is 1.33 bits per heavy atom. The predicted molar refractivity (Wildman–Crippen MR) is 68.2 cm³/mol. The van der Waals surface area contributed by atoms with Gasteiger partial charge >= 0.3 is 0 Å². The van der Waals surface area contributed by atoms with E-state index in [2.05, 4.69) is 15.3 Å². The number of hydrogen-bond acceptors (Lipinski definition) is 5. The van der Waals surface area contributed by atoms with E-state index < -0.39 is 9.84 Å². The Morgan fingerprint density at radius 2 is 2.17 bits per heavy atom. The molecule has 5 nitrogen and oxygen atoms in total. The zero-order valence-electron chi connectivity index (χ0n) is 10.4. The van der Waals surface area contributed by atoms with Crippen LogP contribution in [0.4, 0.5) is 0 Å². The van der Waals surface area contributed by atoms with Gasteiger partial charge in [0.15, 0.2) is 9.84 Å². The van der Waals surface area contributed by atoms with Gasteiger partial charge in [0, 0.05) is 36.7 Å². The van der Waals surface area contributed by atoms with Crippen molar-refractivity contribution in [3.8, 4) is 0 Å². The lowest BCUT2D eigenvalue weighted by Gasteiger charge is -2.19. The number of nitrogens with one attached hydrogen (secondary N) is 1. The average Bonchev–Trinajstić information content (AvgIpc) is 2.70. The molecule has 18 heavy (non-hydrogen) atoms. The first-order chi connectivity index (χ1) is 8.55. The Morgan fingerprint density at radius 3 is 2.89 bits per heavy atom. The molecule has 1 aromatic rings. The molecule has 3 heterocycles. The Hall–Kier alpha value is -1.01. The summed E-state index contributed by atoms with van der Waals surface area (Å²) in [5.74, 6) is 1.21. The zero-order valence-corrected chi connectivity index (χ0v) is 11.3. The third kappa shape index (κ3) is 2.14. The molecule has 0 aliphatic carbocycles. The molecule has 1 aromatic heterocycles. The summed E-state index contributed by atoms with van der Waals surface area (Å²) in [6, 6.07) is 0. The topological polar surface area (TPSA) is 72.0 Å². The fraction of sp³-hybridized carbons (Fsp3) is 0.667. The van der Waals surface area contributed by atoms with Crippen LogP contribution in [0.1, 0.15) is 35.1 Å². The van der Waals surface area contributed by atoms with E-state index in [4.69, 9.17) is 0 Å². The van der Waals surface area contributed by atoms with Crippen LogP contribution in [0.5, 0.6) is 0 Å². The molecule has 0 bridgehead atoms. The van der Waals surface area contributed by atoms with Crippen LogP contribution >= 0.6 is 0 Å². The van der Waals surface area contributed by atoms with Crippen LogP contribution in [0.25, 0.3) is 0 Å². The molecule has 2 aliphatic heterocycles. The summed E-state index contributed by atoms with van der Waals surface area (Å²) in [6.07, 6.45) is 1.57. The number of fused-ring (bicyclic) bond motifs is 1. The standard InChI is InChI=1S/C12H17N3O2S/c1-8-10-6-13-4-2-11(10)15-12(14-8)9-3-5-18(16,17)7-9/h9,13H,2-7H2,1H3. The second-order valence-corrected chi connectivity index (χ2v) is 7.35. The molecule has 98 valence electrons. The lowest BCUT2D eigenvalue weighted by molar-refractivity contribution is 0.596. The third-order valence-electron chi connectivity index (χ3n) is 3.75. The van der Waals surface area contributed by atoms with Gasteiger partial charge in [-0.2, -0.15) is 0 Å². The number of nitrogens with zero attached hydrogens (tertiary/aromatic N) is 2. The number of hydrogen-bond donors (Lipinski definition) is 1. The maximum Gasteiger partial charge on any atom is 0.151 e. The van der Waals surface area contributed by atoms with Gasteiger partial charge < -0.3 is 5.32 Å². The van der Waals surface area contributed by atoms with Crippen LogP contribution in [0.2, 0.25) is 0 Å². The second kappa shape index (κ2) is 4.28. The molecule has 0 saturated carbocycles. The summed E-state index contributed by atoms with van der Waals surface area (Å²) in [4.78, 5) is 9.12. The molecule has 0 spiro atoms. The highest BCUT2D eigenvalue weighted by Gasteiger charge is 2.31. The van der Waals surface area contributed by atoms with Crippen LogP contribution in [0, 0.1) is 6.92 Å². The number of aryl methyl sites for hydroxylation is 1. The van der Waals surface area contributed by atoms with Crippen molar-refractivity contribution >= 4 is 9.84 Å². The van der Waals surface area contributed by atoms with Gasteiger partial charge in [0.2, 0.25) is 0 Å². The fourth-order valence-electron chi connectivity index (χ4n) is 2.72. The SMILES string of the molecule is Cc1nc(C2CCS(=O)(=O)C2)nc2c1CNCC2.